The van der Waals surface area contributed by atoms with Crippen molar-refractivity contribution < 1.29 is 24.5 Å². The van der Waals surface area contributed by atoms with Gasteiger partial charge in [-0.2, -0.15) is 0 Å². The van der Waals surface area contributed by atoms with E-state index in [0.29, 0.717) is 25.9 Å². The molecule has 0 saturated carbocycles. The van der Waals surface area contributed by atoms with Crippen molar-refractivity contribution in [2.45, 2.75) is 341 Å². The van der Waals surface area contributed by atoms with Gasteiger partial charge in [-0.25, -0.2) is 0 Å². The Kier molecular flexibility index (Phi) is 57.0. The van der Waals surface area contributed by atoms with Gasteiger partial charge in [0.15, 0.2) is 0 Å². The lowest BCUT2D eigenvalue weighted by Crippen LogP contribution is -2.45. The molecule has 0 radical (unpaired) electrons. The molecule has 0 heterocycles. The number of hydrogen-bond donors (Lipinski definition) is 3. The highest BCUT2D eigenvalue weighted by Crippen LogP contribution is 2.17. The maximum absolute atomic E-state index is 12.5. The Bertz CT molecular complexity index is 1120. The lowest BCUT2D eigenvalue weighted by molar-refractivity contribution is -0.143. The fourth-order valence-corrected chi connectivity index (χ4v) is 9.43. The van der Waals surface area contributed by atoms with Crippen molar-refractivity contribution in [2.75, 3.05) is 13.2 Å². The summed E-state index contributed by atoms with van der Waals surface area (Å²) in [6, 6.07) is -0.546. The maximum Gasteiger partial charge on any atom is 0.305 e. The molecule has 406 valence electrons. The van der Waals surface area contributed by atoms with Gasteiger partial charge in [-0.3, -0.25) is 9.59 Å². The van der Waals surface area contributed by atoms with Crippen LogP contribution in [0, 0.1) is 0 Å². The molecule has 0 aliphatic heterocycles. The number of amides is 1. The maximum atomic E-state index is 12.5. The highest BCUT2D eigenvalue weighted by molar-refractivity contribution is 5.76. The minimum Gasteiger partial charge on any atom is -0.466 e. The fourth-order valence-electron chi connectivity index (χ4n) is 9.43. The first-order valence-corrected chi connectivity index (χ1v) is 30.7. The van der Waals surface area contributed by atoms with Crippen molar-refractivity contribution >= 4 is 11.9 Å². The van der Waals surface area contributed by atoms with Crippen LogP contribution in [-0.2, 0) is 14.3 Å². The van der Waals surface area contributed by atoms with Crippen LogP contribution in [0.3, 0.4) is 0 Å². The molecule has 0 aromatic carbocycles. The zero-order valence-electron chi connectivity index (χ0n) is 46.3. The quantitative estimate of drug-likeness (QED) is 0.0321. The van der Waals surface area contributed by atoms with Crippen LogP contribution >= 0.6 is 0 Å². The molecule has 0 aromatic heterocycles. The molecule has 0 bridgehead atoms. The van der Waals surface area contributed by atoms with Gasteiger partial charge in [0.1, 0.15) is 0 Å². The number of allylic oxidation sites excluding steroid dienone is 6. The molecule has 0 rings (SSSR count). The van der Waals surface area contributed by atoms with Crippen molar-refractivity contribution in [3.05, 3.63) is 36.5 Å². The number of ether oxygens (including phenoxy) is 1. The van der Waals surface area contributed by atoms with Gasteiger partial charge in [-0.1, -0.05) is 269 Å². The Morgan fingerprint density at radius 1 is 0.406 bits per heavy atom. The second-order valence-electron chi connectivity index (χ2n) is 21.0. The van der Waals surface area contributed by atoms with Crippen LogP contribution in [0.1, 0.15) is 328 Å². The molecule has 3 N–H and O–H groups in total. The number of carbonyl (C=O) groups excluding carboxylic acids is 2. The molecular formula is C63H119NO5. The van der Waals surface area contributed by atoms with Crippen molar-refractivity contribution in [1.29, 1.82) is 0 Å². The summed E-state index contributed by atoms with van der Waals surface area (Å²) in [5.41, 5.74) is 0. The van der Waals surface area contributed by atoms with Crippen molar-refractivity contribution in [3.63, 3.8) is 0 Å². The van der Waals surface area contributed by atoms with Crippen LogP contribution in [0.5, 0.6) is 0 Å². The third kappa shape index (κ3) is 55.2. The summed E-state index contributed by atoms with van der Waals surface area (Å²) < 4.78 is 5.46. The molecule has 0 aliphatic rings. The summed E-state index contributed by atoms with van der Waals surface area (Å²) in [5.74, 6) is -0.0411. The molecule has 6 nitrogen and oxygen atoms in total. The average Bonchev–Trinajstić information content (AvgIpc) is 3.35. The topological polar surface area (TPSA) is 95.9 Å². The molecule has 0 aliphatic carbocycles. The van der Waals surface area contributed by atoms with E-state index in [-0.39, 0.29) is 18.5 Å². The molecular weight excluding hydrogens is 851 g/mol. The summed E-state index contributed by atoms with van der Waals surface area (Å²) in [6.07, 6.45) is 72.9. The molecule has 1 amide bonds. The van der Waals surface area contributed by atoms with E-state index in [1.807, 2.05) is 0 Å². The minimum atomic E-state index is -0.668. The van der Waals surface area contributed by atoms with E-state index in [9.17, 15) is 19.8 Å². The smallest absolute Gasteiger partial charge is 0.305 e. The number of hydrogen-bond acceptors (Lipinski definition) is 5. The minimum absolute atomic E-state index is 0.00118. The van der Waals surface area contributed by atoms with Crippen molar-refractivity contribution in [3.8, 4) is 0 Å². The van der Waals surface area contributed by atoms with E-state index < -0.39 is 12.1 Å². The summed E-state index contributed by atoms with van der Waals surface area (Å²) in [6.45, 7) is 4.93. The van der Waals surface area contributed by atoms with Gasteiger partial charge < -0.3 is 20.3 Å². The van der Waals surface area contributed by atoms with Gasteiger partial charge >= 0.3 is 5.97 Å². The fraction of sp³-hybridized carbons (Fsp3) is 0.873. The summed E-state index contributed by atoms with van der Waals surface area (Å²) in [5, 5.41) is 23.3. The van der Waals surface area contributed by atoms with Crippen molar-refractivity contribution in [2.24, 2.45) is 0 Å². The summed E-state index contributed by atoms with van der Waals surface area (Å²) >= 11 is 0. The normalized spacial score (nSPS) is 12.8. The van der Waals surface area contributed by atoms with Crippen LogP contribution in [-0.4, -0.2) is 47.4 Å². The lowest BCUT2D eigenvalue weighted by Gasteiger charge is -2.22. The molecule has 0 fully saturated rings. The van der Waals surface area contributed by atoms with Gasteiger partial charge in [-0.15, -0.1) is 0 Å². The van der Waals surface area contributed by atoms with E-state index in [1.54, 1.807) is 0 Å². The Morgan fingerprint density at radius 2 is 0.725 bits per heavy atom. The molecule has 2 atom stereocenters. The standard InChI is InChI=1S/C63H119NO5/c1-3-5-7-9-11-13-15-17-29-32-35-39-43-47-51-55-61(66)60(59-65)64-62(67)56-52-48-44-40-36-33-30-27-25-23-21-19-18-20-22-24-26-28-31-34-38-42-46-50-54-58-69-63(68)57-53-49-45-41-37-16-14-12-10-8-6-4-2/h12,14,19-22,60-61,65-66H,3-11,13,15-18,23-59H2,1-2H3,(H,64,67)/b14-12-,21-19-,22-20-. The zero-order chi connectivity index (χ0) is 50.0. The second-order valence-corrected chi connectivity index (χ2v) is 21.0. The van der Waals surface area contributed by atoms with Crippen LogP contribution in [0.2, 0.25) is 0 Å². The van der Waals surface area contributed by atoms with Crippen LogP contribution < -0.4 is 5.32 Å². The van der Waals surface area contributed by atoms with Crippen LogP contribution in [0.4, 0.5) is 0 Å². The average molecular weight is 971 g/mol. The van der Waals surface area contributed by atoms with Gasteiger partial charge in [0, 0.05) is 12.8 Å². The van der Waals surface area contributed by atoms with E-state index in [4.69, 9.17) is 4.74 Å². The highest BCUT2D eigenvalue weighted by Gasteiger charge is 2.20. The number of aliphatic hydroxyl groups is 2. The van der Waals surface area contributed by atoms with Crippen LogP contribution in [0.15, 0.2) is 36.5 Å². The zero-order valence-corrected chi connectivity index (χ0v) is 46.3. The summed E-state index contributed by atoms with van der Waals surface area (Å²) in [4.78, 5) is 24.5. The van der Waals surface area contributed by atoms with Gasteiger partial charge in [0.2, 0.25) is 5.91 Å². The summed E-state index contributed by atoms with van der Waals surface area (Å²) in [7, 11) is 0. The van der Waals surface area contributed by atoms with Crippen molar-refractivity contribution in [1.82, 2.24) is 5.32 Å². The first-order chi connectivity index (χ1) is 34.0. The predicted octanol–water partition coefficient (Wildman–Crippen LogP) is 19.2. The molecule has 2 unspecified atom stereocenters. The van der Waals surface area contributed by atoms with Gasteiger partial charge in [-0.05, 0) is 83.5 Å². The van der Waals surface area contributed by atoms with E-state index in [2.05, 4.69) is 55.6 Å². The highest BCUT2D eigenvalue weighted by atomic mass is 16.5. The largest absolute Gasteiger partial charge is 0.466 e. The number of carbonyl (C=O) groups is 2. The third-order valence-corrected chi connectivity index (χ3v) is 14.2. The third-order valence-electron chi connectivity index (χ3n) is 14.2. The number of rotatable bonds is 57. The van der Waals surface area contributed by atoms with Crippen LogP contribution in [0.25, 0.3) is 0 Å². The van der Waals surface area contributed by atoms with E-state index >= 15 is 0 Å². The Labute approximate surface area is 430 Å². The second kappa shape index (κ2) is 58.6. The first kappa shape index (κ1) is 67.1. The molecule has 69 heavy (non-hydrogen) atoms. The number of aliphatic hydroxyl groups excluding tert-OH is 2. The Morgan fingerprint density at radius 3 is 1.14 bits per heavy atom. The molecule has 0 saturated heterocycles. The monoisotopic (exact) mass is 970 g/mol. The first-order valence-electron chi connectivity index (χ1n) is 30.7. The Hall–Kier alpha value is -1.92. The predicted molar refractivity (Wildman–Crippen MR) is 301 cm³/mol. The number of esters is 1. The van der Waals surface area contributed by atoms with Gasteiger partial charge in [0.25, 0.3) is 0 Å². The van der Waals surface area contributed by atoms with Gasteiger partial charge in [0.05, 0.1) is 25.4 Å². The Balaban J connectivity index is 3.44. The lowest BCUT2D eigenvalue weighted by atomic mass is 10.0. The number of unbranched alkanes of at least 4 members (excludes halogenated alkanes) is 40. The number of nitrogens with one attached hydrogen (secondary N) is 1. The molecule has 6 heteroatoms. The van der Waals surface area contributed by atoms with E-state index in [0.717, 1.165) is 51.4 Å². The SMILES string of the molecule is CCCCC/C=C\CCCCCCCC(=O)OCCCCCCCCCCC/C=C\C/C=C\CCCCCCCCCCCC(=O)NC(CO)C(O)CCCCCCCCCCCCCCCCC. The van der Waals surface area contributed by atoms with E-state index in [1.165, 1.54) is 244 Å². The molecule has 0 aromatic rings. The molecule has 0 spiro atoms.